The fraction of sp³-hybridized carbons (Fsp3) is 0.667. The van der Waals surface area contributed by atoms with Crippen LogP contribution in [0.15, 0.2) is 12.2 Å². The molecule has 1 unspecified atom stereocenters. The lowest BCUT2D eigenvalue weighted by atomic mass is 10.2. The van der Waals surface area contributed by atoms with Crippen LogP contribution in [0.25, 0.3) is 0 Å². The van der Waals surface area contributed by atoms with Gasteiger partial charge in [-0.25, -0.2) is 4.79 Å². The van der Waals surface area contributed by atoms with Crippen LogP contribution in [-0.4, -0.2) is 23.8 Å². The van der Waals surface area contributed by atoms with Gasteiger partial charge in [0.15, 0.2) is 0 Å². The predicted octanol–water partition coefficient (Wildman–Crippen LogP) is 1.27. The molecule has 0 rings (SSSR count). The maximum absolute atomic E-state index is 10.7. The van der Waals surface area contributed by atoms with Crippen LogP contribution in [-0.2, 0) is 9.53 Å². The molecular formula is C9H16O3. The molecule has 12 heavy (non-hydrogen) atoms. The van der Waals surface area contributed by atoms with Crippen molar-refractivity contribution in [2.45, 2.75) is 32.8 Å². The van der Waals surface area contributed by atoms with Gasteiger partial charge in [-0.3, -0.25) is 0 Å². The third-order valence-corrected chi connectivity index (χ3v) is 1.31. The summed E-state index contributed by atoms with van der Waals surface area (Å²) >= 11 is 0. The highest BCUT2D eigenvalue weighted by atomic mass is 16.5. The summed E-state index contributed by atoms with van der Waals surface area (Å²) in [6.45, 7) is 3.86. The van der Waals surface area contributed by atoms with Crippen molar-refractivity contribution in [2.75, 3.05) is 6.61 Å². The highest BCUT2D eigenvalue weighted by molar-refractivity contribution is 5.81. The van der Waals surface area contributed by atoms with Crippen molar-refractivity contribution in [1.82, 2.24) is 0 Å². The van der Waals surface area contributed by atoms with Crippen LogP contribution in [0, 0.1) is 0 Å². The van der Waals surface area contributed by atoms with Gasteiger partial charge in [-0.2, -0.15) is 0 Å². The normalized spacial score (nSPS) is 13.2. The molecule has 0 aliphatic carbocycles. The minimum absolute atomic E-state index is 0.314. The van der Waals surface area contributed by atoms with Crippen LogP contribution in [0.3, 0.4) is 0 Å². The number of carbonyl (C=O) groups is 1. The van der Waals surface area contributed by atoms with E-state index in [2.05, 4.69) is 0 Å². The number of aliphatic hydroxyl groups excluding tert-OH is 1. The Morgan fingerprint density at radius 2 is 2.33 bits per heavy atom. The number of esters is 1. The largest absolute Gasteiger partial charge is 0.463 e. The molecular weight excluding hydrogens is 156 g/mol. The van der Waals surface area contributed by atoms with Gasteiger partial charge < -0.3 is 9.84 Å². The molecule has 0 aliphatic rings. The third kappa shape index (κ3) is 7.28. The Morgan fingerprint density at radius 1 is 1.67 bits per heavy atom. The van der Waals surface area contributed by atoms with Gasteiger partial charge in [0.1, 0.15) is 0 Å². The van der Waals surface area contributed by atoms with E-state index in [1.54, 1.807) is 19.9 Å². The summed E-state index contributed by atoms with van der Waals surface area (Å²) in [5, 5.41) is 8.87. The van der Waals surface area contributed by atoms with Gasteiger partial charge in [0.25, 0.3) is 0 Å². The zero-order valence-corrected chi connectivity index (χ0v) is 7.62. The van der Waals surface area contributed by atoms with Crippen LogP contribution < -0.4 is 0 Å². The Hall–Kier alpha value is -0.830. The summed E-state index contributed by atoms with van der Waals surface area (Å²) in [6.07, 6.45) is 4.08. The number of rotatable bonds is 5. The molecule has 0 spiro atoms. The molecule has 0 aromatic carbocycles. The smallest absolute Gasteiger partial charge is 0.330 e. The maximum Gasteiger partial charge on any atom is 0.330 e. The molecule has 70 valence electrons. The molecule has 1 N–H and O–H groups in total. The first-order valence-corrected chi connectivity index (χ1v) is 4.14. The van der Waals surface area contributed by atoms with Crippen LogP contribution in [0.1, 0.15) is 26.7 Å². The van der Waals surface area contributed by atoms with Gasteiger partial charge >= 0.3 is 5.97 Å². The van der Waals surface area contributed by atoms with Crippen molar-refractivity contribution in [3.63, 3.8) is 0 Å². The molecule has 3 heteroatoms. The van der Waals surface area contributed by atoms with E-state index < -0.39 is 0 Å². The minimum atomic E-state index is -0.317. The zero-order valence-electron chi connectivity index (χ0n) is 7.62. The number of allylic oxidation sites excluding steroid dienone is 1. The monoisotopic (exact) mass is 172 g/mol. The summed E-state index contributed by atoms with van der Waals surface area (Å²) in [5.74, 6) is -0.317. The first-order chi connectivity index (χ1) is 5.66. The van der Waals surface area contributed by atoms with Crippen molar-refractivity contribution < 1.29 is 14.6 Å². The van der Waals surface area contributed by atoms with Gasteiger partial charge in [0.2, 0.25) is 0 Å². The standard InChI is InChI=1S/C9H16O3/c1-3-5-9(11)12-7-4-6-8(2)10/h3,5,8,10H,4,6-7H2,1-2H3. The van der Waals surface area contributed by atoms with Crippen LogP contribution in [0.4, 0.5) is 0 Å². The minimum Gasteiger partial charge on any atom is -0.463 e. The lowest BCUT2D eigenvalue weighted by Crippen LogP contribution is -2.06. The highest BCUT2D eigenvalue weighted by Crippen LogP contribution is 1.96. The lowest BCUT2D eigenvalue weighted by molar-refractivity contribution is -0.138. The average molecular weight is 172 g/mol. The number of ether oxygens (including phenoxy) is 1. The molecule has 0 bridgehead atoms. The van der Waals surface area contributed by atoms with E-state index >= 15 is 0 Å². The second-order valence-corrected chi connectivity index (χ2v) is 2.66. The molecule has 0 aromatic heterocycles. The van der Waals surface area contributed by atoms with Crippen LogP contribution >= 0.6 is 0 Å². The van der Waals surface area contributed by atoms with Crippen molar-refractivity contribution in [3.8, 4) is 0 Å². The Kier molecular flexibility index (Phi) is 6.38. The summed E-state index contributed by atoms with van der Waals surface area (Å²) < 4.78 is 4.80. The summed E-state index contributed by atoms with van der Waals surface area (Å²) in [7, 11) is 0. The summed E-state index contributed by atoms with van der Waals surface area (Å²) in [6, 6.07) is 0. The van der Waals surface area contributed by atoms with Gasteiger partial charge in [-0.15, -0.1) is 0 Å². The fourth-order valence-electron chi connectivity index (χ4n) is 0.736. The molecule has 3 nitrogen and oxygen atoms in total. The number of hydrogen-bond acceptors (Lipinski definition) is 3. The predicted molar refractivity (Wildman–Crippen MR) is 46.7 cm³/mol. The Morgan fingerprint density at radius 3 is 2.83 bits per heavy atom. The second kappa shape index (κ2) is 6.85. The molecule has 0 saturated carbocycles. The summed E-state index contributed by atoms with van der Waals surface area (Å²) in [4.78, 5) is 10.7. The number of aliphatic hydroxyl groups is 1. The first-order valence-electron chi connectivity index (χ1n) is 4.14. The van der Waals surface area contributed by atoms with E-state index in [1.807, 2.05) is 0 Å². The van der Waals surface area contributed by atoms with E-state index in [0.29, 0.717) is 19.4 Å². The van der Waals surface area contributed by atoms with Gasteiger partial charge in [0, 0.05) is 6.08 Å². The zero-order chi connectivity index (χ0) is 9.40. The van der Waals surface area contributed by atoms with Crippen molar-refractivity contribution in [1.29, 1.82) is 0 Å². The highest BCUT2D eigenvalue weighted by Gasteiger charge is 1.98. The van der Waals surface area contributed by atoms with E-state index in [4.69, 9.17) is 9.84 Å². The maximum atomic E-state index is 10.7. The van der Waals surface area contributed by atoms with Crippen molar-refractivity contribution in [2.24, 2.45) is 0 Å². The molecule has 0 aromatic rings. The second-order valence-electron chi connectivity index (χ2n) is 2.66. The van der Waals surface area contributed by atoms with Gasteiger partial charge in [-0.05, 0) is 26.7 Å². The van der Waals surface area contributed by atoms with E-state index in [0.717, 1.165) is 0 Å². The molecule has 0 radical (unpaired) electrons. The number of hydrogen-bond donors (Lipinski definition) is 1. The lowest BCUT2D eigenvalue weighted by Gasteiger charge is -2.03. The first kappa shape index (κ1) is 11.2. The molecule has 0 heterocycles. The molecule has 1 atom stereocenters. The topological polar surface area (TPSA) is 46.5 Å². The van der Waals surface area contributed by atoms with Crippen LogP contribution in [0.5, 0.6) is 0 Å². The van der Waals surface area contributed by atoms with Gasteiger partial charge in [0.05, 0.1) is 12.7 Å². The van der Waals surface area contributed by atoms with Crippen LogP contribution in [0.2, 0.25) is 0 Å². The third-order valence-electron chi connectivity index (χ3n) is 1.31. The number of carbonyl (C=O) groups excluding carboxylic acids is 1. The average Bonchev–Trinajstić information content (AvgIpc) is 1.98. The Labute approximate surface area is 73.0 Å². The van der Waals surface area contributed by atoms with E-state index in [1.165, 1.54) is 6.08 Å². The van der Waals surface area contributed by atoms with Crippen molar-refractivity contribution >= 4 is 5.97 Å². The van der Waals surface area contributed by atoms with Gasteiger partial charge in [-0.1, -0.05) is 6.08 Å². The fourth-order valence-corrected chi connectivity index (χ4v) is 0.736. The Balaban J connectivity index is 3.25. The van der Waals surface area contributed by atoms with E-state index in [9.17, 15) is 4.79 Å². The van der Waals surface area contributed by atoms with Crippen molar-refractivity contribution in [3.05, 3.63) is 12.2 Å². The van der Waals surface area contributed by atoms with E-state index in [-0.39, 0.29) is 12.1 Å². The molecule has 0 amide bonds. The molecule has 0 saturated heterocycles. The summed E-state index contributed by atoms with van der Waals surface area (Å²) in [5.41, 5.74) is 0. The Bertz CT molecular complexity index is 150. The molecule has 0 aliphatic heterocycles. The molecule has 0 fully saturated rings. The quantitative estimate of drug-likeness (QED) is 0.386. The SMILES string of the molecule is CC=CC(=O)OCCCC(C)O.